The zero-order valence-electron chi connectivity index (χ0n) is 17.7. The Morgan fingerprint density at radius 2 is 1.94 bits per heavy atom. The van der Waals surface area contributed by atoms with Gasteiger partial charge in [0.2, 0.25) is 11.8 Å². The number of urea groups is 1. The Labute approximate surface area is 191 Å². The van der Waals surface area contributed by atoms with Crippen LogP contribution in [0.25, 0.3) is 0 Å². The largest absolute Gasteiger partial charge is 0.495 e. The van der Waals surface area contributed by atoms with Crippen LogP contribution < -0.4 is 15.4 Å². The van der Waals surface area contributed by atoms with Gasteiger partial charge in [-0.1, -0.05) is 35.9 Å². The van der Waals surface area contributed by atoms with Crippen molar-refractivity contribution in [2.75, 3.05) is 25.5 Å². The summed E-state index contributed by atoms with van der Waals surface area (Å²) in [5.74, 6) is -0.0911. The first kappa shape index (κ1) is 22.1. The number of amides is 4. The fraction of sp³-hybridized carbons (Fsp3) is 0.348. The van der Waals surface area contributed by atoms with Crippen molar-refractivity contribution in [1.29, 1.82) is 0 Å². The van der Waals surface area contributed by atoms with Gasteiger partial charge in [-0.2, -0.15) is 0 Å². The summed E-state index contributed by atoms with van der Waals surface area (Å²) in [6.07, 6.45) is 1.48. The molecule has 2 fully saturated rings. The molecule has 2 saturated heterocycles. The summed E-state index contributed by atoms with van der Waals surface area (Å²) >= 11 is 5.95. The zero-order valence-corrected chi connectivity index (χ0v) is 18.5. The fourth-order valence-corrected chi connectivity index (χ4v) is 4.34. The van der Waals surface area contributed by atoms with Crippen LogP contribution in [-0.2, 0) is 16.1 Å². The number of anilines is 1. The van der Waals surface area contributed by atoms with E-state index in [0.717, 1.165) is 12.0 Å². The molecule has 0 aromatic heterocycles. The van der Waals surface area contributed by atoms with Crippen LogP contribution in [0.5, 0.6) is 5.75 Å². The highest BCUT2D eigenvalue weighted by molar-refractivity contribution is 6.30. The number of halogens is 1. The molecule has 2 atom stereocenters. The second-order valence-corrected chi connectivity index (χ2v) is 8.29. The van der Waals surface area contributed by atoms with E-state index in [1.807, 2.05) is 0 Å². The van der Waals surface area contributed by atoms with Gasteiger partial charge in [-0.25, -0.2) is 4.79 Å². The van der Waals surface area contributed by atoms with Gasteiger partial charge in [-0.05, 0) is 49.2 Å². The molecule has 32 heavy (non-hydrogen) atoms. The topological polar surface area (TPSA) is 91.0 Å². The zero-order chi connectivity index (χ0) is 22.7. The standard InChI is InChI=1S/C23H25ClN4O4/c1-32-19-7-3-2-5-17(19)26-20(29)14-27-18-6-4-12-25-21(18)22(30)28(23(27)31)13-15-8-10-16(24)11-9-15/h2-3,5,7-11,18,21,25H,4,6,12-14H2,1H3,(H,26,29). The van der Waals surface area contributed by atoms with Gasteiger partial charge in [0.15, 0.2) is 0 Å². The maximum absolute atomic E-state index is 13.3. The lowest BCUT2D eigenvalue weighted by Gasteiger charge is -2.46. The van der Waals surface area contributed by atoms with E-state index < -0.39 is 12.1 Å². The number of carbonyl (C=O) groups is 3. The molecule has 0 saturated carbocycles. The van der Waals surface area contributed by atoms with E-state index >= 15 is 0 Å². The van der Waals surface area contributed by atoms with Crippen molar-refractivity contribution in [2.24, 2.45) is 0 Å². The predicted molar refractivity (Wildman–Crippen MR) is 121 cm³/mol. The van der Waals surface area contributed by atoms with Crippen LogP contribution >= 0.6 is 11.6 Å². The average Bonchev–Trinajstić information content (AvgIpc) is 2.81. The third-order valence-corrected chi connectivity index (χ3v) is 6.04. The highest BCUT2D eigenvalue weighted by Gasteiger charge is 2.47. The summed E-state index contributed by atoms with van der Waals surface area (Å²) in [5.41, 5.74) is 1.31. The minimum absolute atomic E-state index is 0.115. The molecule has 8 nitrogen and oxygen atoms in total. The number of rotatable bonds is 6. The molecule has 2 heterocycles. The third-order valence-electron chi connectivity index (χ3n) is 5.78. The SMILES string of the molecule is COc1ccccc1NC(=O)CN1C(=O)N(Cc2ccc(Cl)cc2)C(=O)C2NCCCC21. The molecule has 2 aliphatic rings. The summed E-state index contributed by atoms with van der Waals surface area (Å²) in [5, 5.41) is 6.62. The summed E-state index contributed by atoms with van der Waals surface area (Å²) in [6, 6.07) is 12.7. The first-order valence-electron chi connectivity index (χ1n) is 10.5. The number of nitrogens with one attached hydrogen (secondary N) is 2. The molecule has 0 radical (unpaired) electrons. The maximum Gasteiger partial charge on any atom is 0.327 e. The summed E-state index contributed by atoms with van der Waals surface area (Å²) in [4.78, 5) is 42.0. The smallest absolute Gasteiger partial charge is 0.327 e. The van der Waals surface area contributed by atoms with Crippen LogP contribution in [0.1, 0.15) is 18.4 Å². The van der Waals surface area contributed by atoms with Gasteiger partial charge in [0, 0.05) is 5.02 Å². The van der Waals surface area contributed by atoms with Crippen LogP contribution in [0, 0.1) is 0 Å². The summed E-state index contributed by atoms with van der Waals surface area (Å²) < 4.78 is 5.28. The van der Waals surface area contributed by atoms with E-state index in [2.05, 4.69) is 10.6 Å². The fourth-order valence-electron chi connectivity index (χ4n) is 4.21. The van der Waals surface area contributed by atoms with Gasteiger partial charge in [-0.15, -0.1) is 0 Å². The lowest BCUT2D eigenvalue weighted by molar-refractivity contribution is -0.138. The van der Waals surface area contributed by atoms with Crippen molar-refractivity contribution in [3.05, 3.63) is 59.1 Å². The van der Waals surface area contributed by atoms with Crippen molar-refractivity contribution in [3.8, 4) is 5.75 Å². The predicted octanol–water partition coefficient (Wildman–Crippen LogP) is 2.87. The van der Waals surface area contributed by atoms with Crippen molar-refractivity contribution in [2.45, 2.75) is 31.5 Å². The average molecular weight is 457 g/mol. The highest BCUT2D eigenvalue weighted by Crippen LogP contribution is 2.27. The monoisotopic (exact) mass is 456 g/mol. The Hall–Kier alpha value is -3.10. The normalized spacial score (nSPS) is 20.7. The van der Waals surface area contributed by atoms with E-state index in [0.29, 0.717) is 29.4 Å². The van der Waals surface area contributed by atoms with Crippen molar-refractivity contribution >= 4 is 35.1 Å². The first-order chi connectivity index (χ1) is 15.5. The molecule has 4 amide bonds. The van der Waals surface area contributed by atoms with E-state index in [-0.39, 0.29) is 30.9 Å². The Balaban J connectivity index is 1.54. The number of methoxy groups -OCH3 is 1. The van der Waals surface area contributed by atoms with Crippen LogP contribution in [0.2, 0.25) is 5.02 Å². The van der Waals surface area contributed by atoms with E-state index in [1.165, 1.54) is 16.9 Å². The van der Waals surface area contributed by atoms with Crippen LogP contribution in [0.4, 0.5) is 10.5 Å². The number of para-hydroxylation sites is 2. The van der Waals surface area contributed by atoms with Gasteiger partial charge in [-0.3, -0.25) is 14.5 Å². The minimum Gasteiger partial charge on any atom is -0.495 e. The first-order valence-corrected chi connectivity index (χ1v) is 10.9. The third kappa shape index (κ3) is 4.56. The number of piperidine rings is 1. The molecular formula is C23H25ClN4O4. The molecule has 2 aliphatic heterocycles. The number of ether oxygens (including phenoxy) is 1. The number of imide groups is 1. The number of hydrogen-bond donors (Lipinski definition) is 2. The lowest BCUT2D eigenvalue weighted by atomic mass is 9.93. The number of fused-ring (bicyclic) bond motifs is 1. The van der Waals surface area contributed by atoms with E-state index in [1.54, 1.807) is 48.5 Å². The molecule has 0 aliphatic carbocycles. The van der Waals surface area contributed by atoms with Crippen molar-refractivity contribution < 1.29 is 19.1 Å². The molecule has 2 N–H and O–H groups in total. The Bertz CT molecular complexity index is 1010. The van der Waals surface area contributed by atoms with Gasteiger partial charge < -0.3 is 20.3 Å². The van der Waals surface area contributed by atoms with Crippen molar-refractivity contribution in [1.82, 2.24) is 15.1 Å². The Morgan fingerprint density at radius 1 is 1.19 bits per heavy atom. The molecule has 2 unspecified atom stereocenters. The molecule has 4 rings (SSSR count). The number of benzene rings is 2. The highest BCUT2D eigenvalue weighted by atomic mass is 35.5. The quantitative estimate of drug-likeness (QED) is 0.697. The summed E-state index contributed by atoms with van der Waals surface area (Å²) in [6.45, 7) is 0.644. The van der Waals surface area contributed by atoms with Crippen LogP contribution in [-0.4, -0.2) is 59.9 Å². The van der Waals surface area contributed by atoms with Gasteiger partial charge >= 0.3 is 6.03 Å². The summed E-state index contributed by atoms with van der Waals surface area (Å²) in [7, 11) is 1.53. The molecule has 0 spiro atoms. The lowest BCUT2D eigenvalue weighted by Crippen LogP contribution is -2.70. The van der Waals surface area contributed by atoms with Gasteiger partial charge in [0.1, 0.15) is 18.3 Å². The number of nitrogens with zero attached hydrogens (tertiary/aromatic N) is 2. The van der Waals surface area contributed by atoms with Crippen LogP contribution in [0.3, 0.4) is 0 Å². The van der Waals surface area contributed by atoms with E-state index in [4.69, 9.17) is 16.3 Å². The molecule has 9 heteroatoms. The molecule has 2 aromatic rings. The van der Waals surface area contributed by atoms with Crippen LogP contribution in [0.15, 0.2) is 48.5 Å². The minimum atomic E-state index is -0.534. The Morgan fingerprint density at radius 3 is 2.69 bits per heavy atom. The van der Waals surface area contributed by atoms with Crippen molar-refractivity contribution in [3.63, 3.8) is 0 Å². The molecular weight excluding hydrogens is 432 g/mol. The maximum atomic E-state index is 13.3. The second kappa shape index (κ2) is 9.58. The van der Waals surface area contributed by atoms with E-state index in [9.17, 15) is 14.4 Å². The van der Waals surface area contributed by atoms with Gasteiger partial charge in [0.05, 0.1) is 25.4 Å². The van der Waals surface area contributed by atoms with Gasteiger partial charge in [0.25, 0.3) is 0 Å². The second-order valence-electron chi connectivity index (χ2n) is 7.85. The number of hydrogen-bond acceptors (Lipinski definition) is 5. The number of carbonyl (C=O) groups excluding carboxylic acids is 3. The Kier molecular flexibility index (Phi) is 6.62. The molecule has 168 valence electrons. The molecule has 2 aromatic carbocycles. The molecule has 0 bridgehead atoms.